The number of hydrogen-bond acceptors (Lipinski definition) is 4. The summed E-state index contributed by atoms with van der Waals surface area (Å²) in [5, 5.41) is 3.37. The predicted molar refractivity (Wildman–Crippen MR) is 63.5 cm³/mol. The van der Waals surface area contributed by atoms with E-state index in [1.165, 1.54) is 19.3 Å². The lowest BCUT2D eigenvalue weighted by atomic mass is 9.80. The first-order valence-electron chi connectivity index (χ1n) is 5.45. The van der Waals surface area contributed by atoms with E-state index in [1.807, 2.05) is 6.07 Å². The molecule has 0 amide bonds. The number of anilines is 3. The number of aromatic nitrogens is 1. The van der Waals surface area contributed by atoms with Gasteiger partial charge in [-0.2, -0.15) is 0 Å². The molecule has 0 aromatic carbocycles. The van der Waals surface area contributed by atoms with Gasteiger partial charge in [-0.3, -0.25) is 0 Å². The van der Waals surface area contributed by atoms with Crippen LogP contribution in [0.15, 0.2) is 12.1 Å². The van der Waals surface area contributed by atoms with Gasteiger partial charge in [0.2, 0.25) is 0 Å². The fourth-order valence-electron chi connectivity index (χ4n) is 1.86. The van der Waals surface area contributed by atoms with Gasteiger partial charge in [0, 0.05) is 6.04 Å². The Hall–Kier alpha value is -1.45. The zero-order valence-electron chi connectivity index (χ0n) is 9.03. The number of pyridine rings is 1. The molecule has 5 N–H and O–H groups in total. The third-order valence-electron chi connectivity index (χ3n) is 3.19. The molecule has 0 saturated heterocycles. The third kappa shape index (κ3) is 2.14. The first kappa shape index (κ1) is 10.1. The first-order valence-corrected chi connectivity index (χ1v) is 5.45. The summed E-state index contributed by atoms with van der Waals surface area (Å²) in [4.78, 5) is 4.20. The summed E-state index contributed by atoms with van der Waals surface area (Å²) in [6.45, 7) is 2.19. The Morgan fingerprint density at radius 2 is 2.13 bits per heavy atom. The molecule has 0 aliphatic heterocycles. The highest BCUT2D eigenvalue weighted by Crippen LogP contribution is 2.30. The van der Waals surface area contributed by atoms with Crippen LogP contribution < -0.4 is 16.8 Å². The van der Waals surface area contributed by atoms with Gasteiger partial charge in [-0.05, 0) is 37.8 Å². The highest BCUT2D eigenvalue weighted by atomic mass is 15.0. The van der Waals surface area contributed by atoms with Gasteiger partial charge in [0.05, 0.1) is 5.69 Å². The van der Waals surface area contributed by atoms with Crippen molar-refractivity contribution in [2.75, 3.05) is 16.8 Å². The van der Waals surface area contributed by atoms with E-state index < -0.39 is 0 Å². The molecule has 1 unspecified atom stereocenters. The standard InChI is InChI=1S/C11H18N4/c1-7(8-3-2-4-8)14-10-6-5-9(12)11(13)15-10/h5-8H,2-4,12H2,1H3,(H3,13,14,15). The molecule has 2 rings (SSSR count). The maximum atomic E-state index is 5.64. The largest absolute Gasteiger partial charge is 0.396 e. The summed E-state index contributed by atoms with van der Waals surface area (Å²) in [5.74, 6) is 2.01. The molecule has 0 radical (unpaired) electrons. The SMILES string of the molecule is CC(Nc1ccc(N)c(N)n1)C1CCC1. The van der Waals surface area contributed by atoms with Crippen LogP contribution in [0, 0.1) is 5.92 Å². The topological polar surface area (TPSA) is 77.0 Å². The van der Waals surface area contributed by atoms with Crippen molar-refractivity contribution in [3.8, 4) is 0 Å². The Morgan fingerprint density at radius 3 is 2.67 bits per heavy atom. The van der Waals surface area contributed by atoms with E-state index in [-0.39, 0.29) is 0 Å². The van der Waals surface area contributed by atoms with Gasteiger partial charge in [0.15, 0.2) is 0 Å². The van der Waals surface area contributed by atoms with Crippen molar-refractivity contribution in [3.05, 3.63) is 12.1 Å². The van der Waals surface area contributed by atoms with Crippen molar-refractivity contribution in [1.29, 1.82) is 0 Å². The highest BCUT2D eigenvalue weighted by molar-refractivity contribution is 5.61. The van der Waals surface area contributed by atoms with Gasteiger partial charge in [-0.1, -0.05) is 6.42 Å². The van der Waals surface area contributed by atoms with Gasteiger partial charge in [0.1, 0.15) is 11.6 Å². The van der Waals surface area contributed by atoms with Crippen LogP contribution in [0.3, 0.4) is 0 Å². The van der Waals surface area contributed by atoms with Crippen LogP contribution >= 0.6 is 0 Å². The predicted octanol–water partition coefficient (Wildman–Crippen LogP) is 1.85. The molecular formula is C11H18N4. The van der Waals surface area contributed by atoms with Crippen molar-refractivity contribution in [1.82, 2.24) is 4.98 Å². The number of hydrogen-bond donors (Lipinski definition) is 3. The molecule has 1 aromatic rings. The quantitative estimate of drug-likeness (QED) is 0.705. The highest BCUT2D eigenvalue weighted by Gasteiger charge is 2.23. The van der Waals surface area contributed by atoms with E-state index in [2.05, 4.69) is 17.2 Å². The molecule has 1 fully saturated rings. The van der Waals surface area contributed by atoms with Crippen molar-refractivity contribution in [2.24, 2.45) is 5.92 Å². The second-order valence-electron chi connectivity index (χ2n) is 4.29. The zero-order chi connectivity index (χ0) is 10.8. The Morgan fingerprint density at radius 1 is 1.40 bits per heavy atom. The maximum absolute atomic E-state index is 5.64. The normalized spacial score (nSPS) is 18.2. The second kappa shape index (κ2) is 3.96. The van der Waals surface area contributed by atoms with Crippen molar-refractivity contribution < 1.29 is 0 Å². The molecule has 1 aromatic heterocycles. The van der Waals surface area contributed by atoms with E-state index in [0.717, 1.165) is 11.7 Å². The summed E-state index contributed by atoms with van der Waals surface area (Å²) in [7, 11) is 0. The minimum atomic E-state index is 0.404. The van der Waals surface area contributed by atoms with Crippen LogP contribution in [-0.4, -0.2) is 11.0 Å². The van der Waals surface area contributed by atoms with Gasteiger partial charge in [0.25, 0.3) is 0 Å². The molecular weight excluding hydrogens is 188 g/mol. The molecule has 0 bridgehead atoms. The van der Waals surface area contributed by atoms with Crippen molar-refractivity contribution in [3.63, 3.8) is 0 Å². The molecule has 15 heavy (non-hydrogen) atoms. The Balaban J connectivity index is 2.00. The second-order valence-corrected chi connectivity index (χ2v) is 4.29. The minimum Gasteiger partial charge on any atom is -0.396 e. The number of nitrogens with two attached hydrogens (primary N) is 2. The molecule has 1 heterocycles. The number of rotatable bonds is 3. The van der Waals surface area contributed by atoms with Crippen LogP contribution in [-0.2, 0) is 0 Å². The lowest BCUT2D eigenvalue weighted by Gasteiger charge is -2.32. The summed E-state index contributed by atoms with van der Waals surface area (Å²) < 4.78 is 0. The molecule has 1 aliphatic rings. The Kier molecular flexibility index (Phi) is 2.66. The van der Waals surface area contributed by atoms with Gasteiger partial charge < -0.3 is 16.8 Å². The monoisotopic (exact) mass is 206 g/mol. The van der Waals surface area contributed by atoms with Crippen LogP contribution in [0.4, 0.5) is 17.3 Å². The van der Waals surface area contributed by atoms with Crippen LogP contribution in [0.25, 0.3) is 0 Å². The van der Waals surface area contributed by atoms with Crippen molar-refractivity contribution >= 4 is 17.3 Å². The summed E-state index contributed by atoms with van der Waals surface area (Å²) in [6, 6.07) is 4.13. The average molecular weight is 206 g/mol. The van der Waals surface area contributed by atoms with Crippen molar-refractivity contribution in [2.45, 2.75) is 32.2 Å². The lowest BCUT2D eigenvalue weighted by Crippen LogP contribution is -2.31. The fourth-order valence-corrected chi connectivity index (χ4v) is 1.86. The molecule has 4 nitrogen and oxygen atoms in total. The van der Waals surface area contributed by atoms with E-state index in [1.54, 1.807) is 6.07 Å². The van der Waals surface area contributed by atoms with Crippen LogP contribution in [0.1, 0.15) is 26.2 Å². The molecule has 1 atom stereocenters. The maximum Gasteiger partial charge on any atom is 0.149 e. The van der Waals surface area contributed by atoms with E-state index >= 15 is 0 Å². The smallest absolute Gasteiger partial charge is 0.149 e. The average Bonchev–Trinajstić information content (AvgIpc) is 2.08. The zero-order valence-corrected chi connectivity index (χ0v) is 9.03. The summed E-state index contributed by atoms with van der Waals surface area (Å²) in [5.41, 5.74) is 11.8. The fraction of sp³-hybridized carbons (Fsp3) is 0.545. The van der Waals surface area contributed by atoms with Gasteiger partial charge in [-0.25, -0.2) is 4.98 Å². The number of nitrogens with zero attached hydrogens (tertiary/aromatic N) is 1. The third-order valence-corrected chi connectivity index (χ3v) is 3.19. The number of nitrogen functional groups attached to an aromatic ring is 2. The lowest BCUT2D eigenvalue weighted by molar-refractivity contribution is 0.285. The summed E-state index contributed by atoms with van der Waals surface area (Å²) in [6.07, 6.45) is 3.99. The Labute approximate surface area is 90.1 Å². The molecule has 1 aliphatic carbocycles. The minimum absolute atomic E-state index is 0.404. The molecule has 0 spiro atoms. The van der Waals surface area contributed by atoms with E-state index in [4.69, 9.17) is 11.5 Å². The van der Waals surface area contributed by atoms with Crippen LogP contribution in [0.5, 0.6) is 0 Å². The van der Waals surface area contributed by atoms with Gasteiger partial charge in [-0.15, -0.1) is 0 Å². The van der Waals surface area contributed by atoms with E-state index in [9.17, 15) is 0 Å². The molecule has 4 heteroatoms. The van der Waals surface area contributed by atoms with Gasteiger partial charge >= 0.3 is 0 Å². The van der Waals surface area contributed by atoms with Crippen LogP contribution in [0.2, 0.25) is 0 Å². The van der Waals surface area contributed by atoms with E-state index in [0.29, 0.717) is 17.5 Å². The molecule has 82 valence electrons. The first-order chi connectivity index (χ1) is 7.16. The Bertz CT molecular complexity index is 346. The summed E-state index contributed by atoms with van der Waals surface area (Å²) >= 11 is 0. The number of nitrogens with one attached hydrogen (secondary N) is 1. The molecule has 1 saturated carbocycles.